The van der Waals surface area contributed by atoms with E-state index in [0.717, 1.165) is 0 Å². The lowest BCUT2D eigenvalue weighted by atomic mass is 15.9. The van der Waals surface area contributed by atoms with Crippen LogP contribution >= 0.6 is 31.4 Å². The van der Waals surface area contributed by atoms with Crippen molar-refractivity contribution in [1.82, 2.24) is 0 Å². The van der Waals surface area contributed by atoms with E-state index in [1.807, 2.05) is 0 Å². The standard InChI is InChI=1S/H3O2PS2.H2S/c1-3(2,4)5;/h(H3,1,2,4,5);1H2. The maximum absolute atomic E-state index is 7.87. The molecule has 0 bridgehead atoms. The van der Waals surface area contributed by atoms with Gasteiger partial charge in [0.2, 0.25) is 5.69 Å². The molecule has 0 aliphatic heterocycles. The first-order chi connectivity index (χ1) is 2.00. The summed E-state index contributed by atoms with van der Waals surface area (Å²) in [5.41, 5.74) is -3.11. The van der Waals surface area contributed by atoms with Crippen LogP contribution < -0.4 is 0 Å². The predicted octanol–water partition coefficient (Wildman–Crippen LogP) is 0.238. The quantitative estimate of drug-likeness (QED) is 0.355. The summed E-state index contributed by atoms with van der Waals surface area (Å²) in [7, 11) is 0. The van der Waals surface area contributed by atoms with E-state index in [9.17, 15) is 0 Å². The van der Waals surface area contributed by atoms with Crippen LogP contribution in [0.4, 0.5) is 0 Å². The number of thiol groups is 1. The van der Waals surface area contributed by atoms with Crippen molar-refractivity contribution in [3.63, 3.8) is 0 Å². The Morgan fingerprint density at radius 2 is 1.50 bits per heavy atom. The lowest BCUT2D eigenvalue weighted by molar-refractivity contribution is 0.503. The minimum atomic E-state index is -3.11. The van der Waals surface area contributed by atoms with Crippen molar-refractivity contribution in [3.05, 3.63) is 0 Å². The summed E-state index contributed by atoms with van der Waals surface area (Å²) in [6.07, 6.45) is 0. The second-order valence-corrected chi connectivity index (χ2v) is 5.55. The molecular formula is H5O2PS3. The van der Waals surface area contributed by atoms with Crippen LogP contribution in [0.3, 0.4) is 0 Å². The molecule has 0 rings (SSSR count). The summed E-state index contributed by atoms with van der Waals surface area (Å²) >= 11 is 7.07. The Balaban J connectivity index is 0. The Kier molecular flexibility index (Phi) is 5.65. The fourth-order valence-corrected chi connectivity index (χ4v) is 0. The van der Waals surface area contributed by atoms with Crippen LogP contribution in [-0.4, -0.2) is 9.79 Å². The van der Waals surface area contributed by atoms with Crippen LogP contribution in [0.5, 0.6) is 0 Å². The molecule has 0 heterocycles. The molecule has 40 valence electrons. The molecule has 0 aromatic heterocycles. The Morgan fingerprint density at radius 3 is 1.50 bits per heavy atom. The van der Waals surface area contributed by atoms with Gasteiger partial charge in [-0.2, -0.15) is 13.5 Å². The van der Waals surface area contributed by atoms with Crippen LogP contribution in [0.2, 0.25) is 0 Å². The highest BCUT2D eigenvalue weighted by Crippen LogP contribution is 2.39. The van der Waals surface area contributed by atoms with Crippen molar-refractivity contribution >= 4 is 43.2 Å². The molecule has 6 heavy (non-hydrogen) atoms. The summed E-state index contributed by atoms with van der Waals surface area (Å²) in [5, 5.41) is 0. The van der Waals surface area contributed by atoms with Crippen molar-refractivity contribution in [2.45, 2.75) is 0 Å². The zero-order chi connectivity index (χ0) is 4.50. The molecule has 0 aliphatic rings. The summed E-state index contributed by atoms with van der Waals surface area (Å²) in [6, 6.07) is 0. The monoisotopic (exact) mass is 164 g/mol. The first kappa shape index (κ1) is 10.3. The molecule has 6 heteroatoms. The molecular weight excluding hydrogens is 159 g/mol. The zero-order valence-corrected chi connectivity index (χ0v) is 6.30. The third-order valence-electron chi connectivity index (χ3n) is 0. The number of rotatable bonds is 0. The van der Waals surface area contributed by atoms with E-state index < -0.39 is 5.69 Å². The molecule has 0 saturated carbocycles. The summed E-state index contributed by atoms with van der Waals surface area (Å²) in [6.45, 7) is 0. The van der Waals surface area contributed by atoms with Gasteiger partial charge >= 0.3 is 0 Å². The van der Waals surface area contributed by atoms with E-state index in [1.165, 1.54) is 0 Å². The molecule has 0 aromatic carbocycles. The normalized spacial score (nSPS) is 9.83. The third-order valence-corrected chi connectivity index (χ3v) is 0. The first-order valence-corrected chi connectivity index (χ1v) is 4.64. The molecule has 0 radical (unpaired) electrons. The molecule has 0 spiro atoms. The van der Waals surface area contributed by atoms with Gasteiger partial charge < -0.3 is 9.79 Å². The minimum Gasteiger partial charge on any atom is -0.338 e. The van der Waals surface area contributed by atoms with E-state index in [0.29, 0.717) is 0 Å². The highest BCUT2D eigenvalue weighted by Gasteiger charge is 1.90. The van der Waals surface area contributed by atoms with Gasteiger partial charge in [0, 0.05) is 0 Å². The Morgan fingerprint density at radius 1 is 1.50 bits per heavy atom. The highest BCUT2D eigenvalue weighted by molar-refractivity contribution is 8.59. The van der Waals surface area contributed by atoms with Crippen molar-refractivity contribution in [3.8, 4) is 0 Å². The summed E-state index contributed by atoms with van der Waals surface area (Å²) in [4.78, 5) is 15.7. The number of hydrogen-bond acceptors (Lipinski definition) is 1. The summed E-state index contributed by atoms with van der Waals surface area (Å²) < 4.78 is 0. The lowest BCUT2D eigenvalue weighted by Gasteiger charge is -1.88. The fraction of sp³-hybridized carbons (Fsp3) is 0. The summed E-state index contributed by atoms with van der Waals surface area (Å²) in [5.74, 6) is 0. The van der Waals surface area contributed by atoms with Gasteiger partial charge in [0.1, 0.15) is 0 Å². The SMILES string of the molecule is OP(O)(=S)S.S. The smallest absolute Gasteiger partial charge is 0.239 e. The molecule has 0 atom stereocenters. The molecule has 0 aromatic rings. The molecule has 2 nitrogen and oxygen atoms in total. The highest BCUT2D eigenvalue weighted by atomic mass is 32.9. The van der Waals surface area contributed by atoms with E-state index in [2.05, 4.69) is 24.1 Å². The van der Waals surface area contributed by atoms with Crippen LogP contribution in [0.1, 0.15) is 0 Å². The average Bonchev–Trinajstić information content (AvgIpc) is 0.722. The van der Waals surface area contributed by atoms with Gasteiger partial charge in [-0.25, -0.2) is 0 Å². The Hall–Kier alpha value is 1.27. The molecule has 0 unspecified atom stereocenters. The largest absolute Gasteiger partial charge is 0.338 e. The second-order valence-electron chi connectivity index (χ2n) is 0.513. The van der Waals surface area contributed by atoms with Gasteiger partial charge in [-0.3, -0.25) is 0 Å². The van der Waals surface area contributed by atoms with Gasteiger partial charge in [-0.1, -0.05) is 12.2 Å². The molecule has 0 aliphatic carbocycles. The molecule has 2 N–H and O–H groups in total. The van der Waals surface area contributed by atoms with Gasteiger partial charge in [-0.05, 0) is 11.8 Å². The van der Waals surface area contributed by atoms with Crippen LogP contribution in [0.25, 0.3) is 0 Å². The van der Waals surface area contributed by atoms with Crippen molar-refractivity contribution < 1.29 is 9.79 Å². The Labute approximate surface area is 53.4 Å². The van der Waals surface area contributed by atoms with Crippen molar-refractivity contribution in [1.29, 1.82) is 0 Å². The molecule has 0 saturated heterocycles. The molecule has 0 amide bonds. The van der Waals surface area contributed by atoms with E-state index in [4.69, 9.17) is 9.79 Å². The van der Waals surface area contributed by atoms with Crippen LogP contribution in [0.15, 0.2) is 0 Å². The molecule has 0 fully saturated rings. The van der Waals surface area contributed by atoms with E-state index in [1.54, 1.807) is 0 Å². The average molecular weight is 164 g/mol. The first-order valence-electron chi connectivity index (χ1n) is 0.783. The van der Waals surface area contributed by atoms with Crippen LogP contribution in [0, 0.1) is 0 Å². The second kappa shape index (κ2) is 3.29. The van der Waals surface area contributed by atoms with Gasteiger partial charge in [0.05, 0.1) is 0 Å². The topological polar surface area (TPSA) is 40.5 Å². The maximum atomic E-state index is 7.87. The van der Waals surface area contributed by atoms with Gasteiger partial charge in [-0.15, -0.1) is 0 Å². The van der Waals surface area contributed by atoms with E-state index in [-0.39, 0.29) is 13.5 Å². The van der Waals surface area contributed by atoms with Crippen molar-refractivity contribution in [2.75, 3.05) is 0 Å². The third kappa shape index (κ3) is 59.6. The van der Waals surface area contributed by atoms with Crippen molar-refractivity contribution in [2.24, 2.45) is 0 Å². The van der Waals surface area contributed by atoms with Gasteiger partial charge in [0.25, 0.3) is 0 Å². The lowest BCUT2D eigenvalue weighted by Crippen LogP contribution is -1.53. The Bertz CT molecular complexity index is 54.9. The number of hydrogen-bond donors (Lipinski definition) is 3. The fourth-order valence-electron chi connectivity index (χ4n) is 0. The van der Waals surface area contributed by atoms with Gasteiger partial charge in [0.15, 0.2) is 0 Å². The van der Waals surface area contributed by atoms with E-state index >= 15 is 0 Å². The zero-order valence-electron chi connectivity index (χ0n) is 2.70. The predicted molar refractivity (Wildman–Crippen MR) is 38.1 cm³/mol. The maximum Gasteiger partial charge on any atom is 0.239 e. The minimum absolute atomic E-state index is 0. The van der Waals surface area contributed by atoms with Crippen LogP contribution in [-0.2, 0) is 11.8 Å².